The van der Waals surface area contributed by atoms with Crippen LogP contribution in [0.1, 0.15) is 30.1 Å². The van der Waals surface area contributed by atoms with Crippen molar-refractivity contribution in [2.75, 3.05) is 18.4 Å². The second kappa shape index (κ2) is 5.69. The number of urea groups is 1. The molecule has 1 aliphatic heterocycles. The predicted molar refractivity (Wildman–Crippen MR) is 73.8 cm³/mol. The van der Waals surface area contributed by atoms with Gasteiger partial charge < -0.3 is 20.4 Å². The van der Waals surface area contributed by atoms with Crippen LogP contribution < -0.4 is 5.32 Å². The molecule has 0 atom stereocenters. The van der Waals surface area contributed by atoms with E-state index in [-0.39, 0.29) is 11.3 Å². The lowest BCUT2D eigenvalue weighted by atomic mass is 9.94. The van der Waals surface area contributed by atoms with Gasteiger partial charge in [0.1, 0.15) is 5.82 Å². The molecular formula is C14H17FN2O4. The summed E-state index contributed by atoms with van der Waals surface area (Å²) >= 11 is 0. The molecule has 114 valence electrons. The Bertz CT molecular complexity index is 564. The van der Waals surface area contributed by atoms with E-state index < -0.39 is 23.4 Å². The van der Waals surface area contributed by atoms with Crippen LogP contribution in [0, 0.1) is 5.82 Å². The second-order valence-corrected chi connectivity index (χ2v) is 5.38. The number of amides is 2. The average molecular weight is 296 g/mol. The largest absolute Gasteiger partial charge is 0.478 e. The Labute approximate surface area is 121 Å². The minimum atomic E-state index is -1.31. The number of rotatable bonds is 2. The molecule has 1 aromatic carbocycles. The number of nitrogens with one attached hydrogen (secondary N) is 1. The molecule has 3 N–H and O–H groups in total. The van der Waals surface area contributed by atoms with Crippen molar-refractivity contribution in [2.24, 2.45) is 0 Å². The summed E-state index contributed by atoms with van der Waals surface area (Å²) in [6, 6.07) is 3.01. The summed E-state index contributed by atoms with van der Waals surface area (Å²) in [5.74, 6) is -2.11. The molecule has 1 aromatic rings. The van der Waals surface area contributed by atoms with Gasteiger partial charge in [-0.05, 0) is 31.9 Å². The van der Waals surface area contributed by atoms with Crippen molar-refractivity contribution in [1.29, 1.82) is 0 Å². The predicted octanol–water partition coefficient (Wildman–Crippen LogP) is 1.90. The number of aromatic carboxylic acids is 1. The number of anilines is 1. The van der Waals surface area contributed by atoms with Gasteiger partial charge in [0.05, 0.1) is 16.9 Å². The van der Waals surface area contributed by atoms with Crippen molar-refractivity contribution < 1.29 is 24.2 Å². The highest BCUT2D eigenvalue weighted by Gasteiger charge is 2.30. The maximum atomic E-state index is 13.7. The van der Waals surface area contributed by atoms with E-state index >= 15 is 0 Å². The van der Waals surface area contributed by atoms with Gasteiger partial charge in [-0.1, -0.05) is 6.07 Å². The van der Waals surface area contributed by atoms with Crippen LogP contribution in [0.4, 0.5) is 14.9 Å². The zero-order chi connectivity index (χ0) is 15.6. The summed E-state index contributed by atoms with van der Waals surface area (Å²) in [6.07, 6.45) is 0.840. The van der Waals surface area contributed by atoms with Gasteiger partial charge in [-0.2, -0.15) is 0 Å². The molecule has 2 rings (SSSR count). The summed E-state index contributed by atoms with van der Waals surface area (Å²) in [5, 5.41) is 21.2. The normalized spacial score (nSPS) is 17.4. The third-order valence-corrected chi connectivity index (χ3v) is 3.60. The number of carbonyl (C=O) groups is 2. The van der Waals surface area contributed by atoms with Crippen LogP contribution >= 0.6 is 0 Å². The summed E-state index contributed by atoms with van der Waals surface area (Å²) in [6.45, 7) is 2.35. The molecule has 0 radical (unpaired) electrons. The first-order chi connectivity index (χ1) is 9.80. The molecule has 21 heavy (non-hydrogen) atoms. The number of hydrogen-bond donors (Lipinski definition) is 3. The fourth-order valence-corrected chi connectivity index (χ4v) is 2.21. The first-order valence-electron chi connectivity index (χ1n) is 6.60. The van der Waals surface area contributed by atoms with Gasteiger partial charge in [0.25, 0.3) is 0 Å². The van der Waals surface area contributed by atoms with E-state index in [9.17, 15) is 19.1 Å². The molecule has 1 heterocycles. The van der Waals surface area contributed by atoms with Crippen molar-refractivity contribution in [3.63, 3.8) is 0 Å². The van der Waals surface area contributed by atoms with Gasteiger partial charge in [0, 0.05) is 13.1 Å². The molecule has 0 bridgehead atoms. The summed E-state index contributed by atoms with van der Waals surface area (Å²) < 4.78 is 13.7. The van der Waals surface area contributed by atoms with E-state index in [1.807, 2.05) is 0 Å². The Morgan fingerprint density at radius 3 is 2.52 bits per heavy atom. The van der Waals surface area contributed by atoms with Crippen LogP contribution in [0.25, 0.3) is 0 Å². The first kappa shape index (κ1) is 15.2. The molecule has 1 saturated heterocycles. The van der Waals surface area contributed by atoms with E-state index in [2.05, 4.69) is 5.32 Å². The van der Waals surface area contributed by atoms with Crippen molar-refractivity contribution >= 4 is 17.7 Å². The standard InChI is InChI=1S/C14H17FN2O4/c1-14(21)5-7-17(8-6-14)13(20)16-11-9(12(18)19)3-2-4-10(11)15/h2-4,21H,5-8H2,1H3,(H,16,20)(H,18,19). The highest BCUT2D eigenvalue weighted by atomic mass is 19.1. The fraction of sp³-hybridized carbons (Fsp3) is 0.429. The van der Waals surface area contributed by atoms with E-state index in [4.69, 9.17) is 5.11 Å². The maximum absolute atomic E-state index is 13.7. The fourth-order valence-electron chi connectivity index (χ4n) is 2.21. The number of halogens is 1. The van der Waals surface area contributed by atoms with Gasteiger partial charge in [-0.25, -0.2) is 14.0 Å². The Morgan fingerprint density at radius 1 is 1.33 bits per heavy atom. The molecule has 2 amide bonds. The monoisotopic (exact) mass is 296 g/mol. The van der Waals surface area contributed by atoms with Crippen LogP contribution in [-0.4, -0.2) is 45.8 Å². The second-order valence-electron chi connectivity index (χ2n) is 5.38. The summed E-state index contributed by atoms with van der Waals surface area (Å²) in [7, 11) is 0. The van der Waals surface area contributed by atoms with E-state index in [0.29, 0.717) is 25.9 Å². The van der Waals surface area contributed by atoms with Gasteiger partial charge in [0.2, 0.25) is 0 Å². The zero-order valence-electron chi connectivity index (χ0n) is 11.6. The van der Waals surface area contributed by atoms with Crippen molar-refractivity contribution in [1.82, 2.24) is 4.90 Å². The van der Waals surface area contributed by atoms with E-state index in [1.54, 1.807) is 6.92 Å². The first-order valence-corrected chi connectivity index (χ1v) is 6.60. The van der Waals surface area contributed by atoms with Crippen molar-refractivity contribution in [3.8, 4) is 0 Å². The number of nitrogens with zero attached hydrogens (tertiary/aromatic N) is 1. The molecule has 0 aromatic heterocycles. The lowest BCUT2D eigenvalue weighted by molar-refractivity contribution is 0.00569. The lowest BCUT2D eigenvalue weighted by Gasteiger charge is -2.35. The van der Waals surface area contributed by atoms with Crippen molar-refractivity contribution in [2.45, 2.75) is 25.4 Å². The number of carbonyl (C=O) groups excluding carboxylic acids is 1. The SMILES string of the molecule is CC1(O)CCN(C(=O)Nc2c(F)cccc2C(=O)O)CC1. The number of likely N-dealkylation sites (tertiary alicyclic amines) is 1. The molecule has 0 unspecified atom stereocenters. The smallest absolute Gasteiger partial charge is 0.337 e. The number of para-hydroxylation sites is 1. The number of carboxylic acids is 1. The van der Waals surface area contributed by atoms with Crippen LogP contribution in [0.2, 0.25) is 0 Å². The molecule has 1 aliphatic rings. The van der Waals surface area contributed by atoms with E-state index in [1.165, 1.54) is 17.0 Å². The maximum Gasteiger partial charge on any atom is 0.337 e. The molecule has 6 nitrogen and oxygen atoms in total. The van der Waals surface area contributed by atoms with Gasteiger partial charge >= 0.3 is 12.0 Å². The van der Waals surface area contributed by atoms with Crippen LogP contribution in [-0.2, 0) is 0 Å². The Balaban J connectivity index is 2.12. The van der Waals surface area contributed by atoms with E-state index in [0.717, 1.165) is 6.07 Å². The number of carboxylic acid groups (broad SMARTS) is 1. The van der Waals surface area contributed by atoms with Gasteiger partial charge in [0.15, 0.2) is 0 Å². The zero-order valence-corrected chi connectivity index (χ0v) is 11.6. The number of benzene rings is 1. The third kappa shape index (κ3) is 3.49. The van der Waals surface area contributed by atoms with Gasteiger partial charge in [-0.15, -0.1) is 0 Å². The van der Waals surface area contributed by atoms with Crippen LogP contribution in [0.5, 0.6) is 0 Å². The molecule has 7 heteroatoms. The summed E-state index contributed by atoms with van der Waals surface area (Å²) in [4.78, 5) is 24.6. The minimum absolute atomic E-state index is 0.299. The van der Waals surface area contributed by atoms with Crippen molar-refractivity contribution in [3.05, 3.63) is 29.6 Å². The topological polar surface area (TPSA) is 89.9 Å². The van der Waals surface area contributed by atoms with Gasteiger partial charge in [-0.3, -0.25) is 0 Å². The molecule has 1 fully saturated rings. The minimum Gasteiger partial charge on any atom is -0.478 e. The number of hydrogen-bond acceptors (Lipinski definition) is 3. The molecule has 0 spiro atoms. The molecular weight excluding hydrogens is 279 g/mol. The quantitative estimate of drug-likeness (QED) is 0.777. The Hall–Kier alpha value is -2.15. The summed E-state index contributed by atoms with van der Waals surface area (Å²) in [5.41, 5.74) is -1.44. The van der Waals surface area contributed by atoms with Crippen LogP contribution in [0.3, 0.4) is 0 Å². The van der Waals surface area contributed by atoms with Crippen LogP contribution in [0.15, 0.2) is 18.2 Å². The lowest BCUT2D eigenvalue weighted by Crippen LogP contribution is -2.46. The Kier molecular flexibility index (Phi) is 4.13. The highest BCUT2D eigenvalue weighted by Crippen LogP contribution is 2.24. The highest BCUT2D eigenvalue weighted by molar-refractivity contribution is 6.00. The number of aliphatic hydroxyl groups is 1. The Morgan fingerprint density at radius 2 is 1.95 bits per heavy atom. The molecule has 0 aliphatic carbocycles. The third-order valence-electron chi connectivity index (χ3n) is 3.60. The average Bonchev–Trinajstić information content (AvgIpc) is 2.40. The molecule has 0 saturated carbocycles. The number of piperidine rings is 1.